The van der Waals surface area contributed by atoms with Gasteiger partial charge in [-0.1, -0.05) is 12.1 Å². The van der Waals surface area contributed by atoms with Crippen molar-refractivity contribution in [2.75, 3.05) is 24.6 Å². The Balaban J connectivity index is 1.04. The Kier molecular flexibility index (Phi) is 6.84. The van der Waals surface area contributed by atoms with Crippen LogP contribution in [0.4, 0.5) is 10.2 Å². The van der Waals surface area contributed by atoms with Crippen molar-refractivity contribution >= 4 is 22.6 Å². The van der Waals surface area contributed by atoms with Crippen LogP contribution in [0.3, 0.4) is 0 Å². The number of hydrogen-bond donors (Lipinski definition) is 0. The van der Waals surface area contributed by atoms with E-state index in [1.807, 2.05) is 36.4 Å². The molecule has 3 atom stereocenters. The fraction of sp³-hybridized carbons (Fsp3) is 0.375. The molecular formula is C32H31FN6O3. The second-order valence-corrected chi connectivity index (χ2v) is 11.3. The lowest BCUT2D eigenvalue weighted by Crippen LogP contribution is -2.46. The number of nitrogens with zero attached hydrogens (tertiary/aromatic N) is 6. The van der Waals surface area contributed by atoms with Gasteiger partial charge in [-0.2, -0.15) is 10.2 Å². The third kappa shape index (κ3) is 5.10. The first-order chi connectivity index (χ1) is 20.5. The zero-order valence-corrected chi connectivity index (χ0v) is 23.4. The van der Waals surface area contributed by atoms with Crippen molar-refractivity contribution < 1.29 is 18.7 Å². The molecule has 4 aromatic rings. The van der Waals surface area contributed by atoms with Crippen LogP contribution >= 0.6 is 0 Å². The number of halogens is 1. The van der Waals surface area contributed by atoms with Crippen LogP contribution in [0.15, 0.2) is 54.6 Å². The summed E-state index contributed by atoms with van der Waals surface area (Å²) >= 11 is 0. The number of carbonyl (C=O) groups is 1. The Morgan fingerprint density at radius 3 is 2.79 bits per heavy atom. The topological polar surface area (TPSA) is 96.5 Å². The SMILES string of the molecule is CC(=O)c1ccc2nc(CN3CCN(c4cccc(OCc5ccc(C#N)cc5F)n4)[C@@H]4C[C@@H]43)n(C[C@@H]3CCO3)c2c1. The first kappa shape index (κ1) is 26.6. The van der Waals surface area contributed by atoms with Crippen molar-refractivity contribution in [3.8, 4) is 11.9 Å². The molecule has 0 N–H and O–H groups in total. The highest BCUT2D eigenvalue weighted by Gasteiger charge is 2.49. The molecule has 1 saturated carbocycles. The monoisotopic (exact) mass is 566 g/mol. The van der Waals surface area contributed by atoms with Gasteiger partial charge in [0.2, 0.25) is 5.88 Å². The van der Waals surface area contributed by atoms with E-state index in [1.165, 1.54) is 6.07 Å². The van der Waals surface area contributed by atoms with E-state index in [-0.39, 0.29) is 24.1 Å². The number of ether oxygens (including phenoxy) is 2. The third-order valence-corrected chi connectivity index (χ3v) is 8.54. The van der Waals surface area contributed by atoms with Gasteiger partial charge in [0.15, 0.2) is 5.78 Å². The van der Waals surface area contributed by atoms with Crippen LogP contribution in [-0.4, -0.2) is 63.1 Å². The van der Waals surface area contributed by atoms with E-state index in [4.69, 9.17) is 24.7 Å². The number of hydrogen-bond acceptors (Lipinski definition) is 8. The molecule has 4 heterocycles. The van der Waals surface area contributed by atoms with E-state index in [9.17, 15) is 9.18 Å². The van der Waals surface area contributed by atoms with Crippen molar-refractivity contribution in [1.29, 1.82) is 5.26 Å². The standard InChI is InChI=1S/C32H31FN6O3/c1-20(40)22-7-8-26-27(14-22)39(17-24-9-12-41-24)31(35-26)18-37-10-11-38(29-15-28(29)37)30-3-2-4-32(36-30)42-19-23-6-5-21(16-34)13-25(23)33/h2-8,13-14,24,28-29H,9-12,15,17-19H2,1H3/t24-,28-,29+/m0/s1. The van der Waals surface area contributed by atoms with Crippen LogP contribution < -0.4 is 9.64 Å². The molecule has 0 radical (unpaired) electrons. The van der Waals surface area contributed by atoms with Crippen LogP contribution in [0.2, 0.25) is 0 Å². The number of carbonyl (C=O) groups excluding carboxylic acids is 1. The largest absolute Gasteiger partial charge is 0.473 e. The van der Waals surface area contributed by atoms with E-state index in [1.54, 1.807) is 25.1 Å². The maximum Gasteiger partial charge on any atom is 0.215 e. The lowest BCUT2D eigenvalue weighted by atomic mass is 10.1. The van der Waals surface area contributed by atoms with Gasteiger partial charge in [0.05, 0.1) is 41.9 Å². The number of rotatable bonds is 9. The predicted octanol–water partition coefficient (Wildman–Crippen LogP) is 4.48. The summed E-state index contributed by atoms with van der Waals surface area (Å²) in [5.41, 5.74) is 3.25. The first-order valence-corrected chi connectivity index (χ1v) is 14.4. The Morgan fingerprint density at radius 1 is 1.14 bits per heavy atom. The predicted molar refractivity (Wildman–Crippen MR) is 154 cm³/mol. The number of piperazine rings is 1. The second-order valence-electron chi connectivity index (χ2n) is 11.3. The average Bonchev–Trinajstić information content (AvgIpc) is 3.71. The summed E-state index contributed by atoms with van der Waals surface area (Å²) < 4.78 is 28.1. The summed E-state index contributed by atoms with van der Waals surface area (Å²) in [6, 6.07) is 18.5. The smallest absolute Gasteiger partial charge is 0.215 e. The molecule has 3 aliphatic rings. The van der Waals surface area contributed by atoms with Gasteiger partial charge in [-0.25, -0.2) is 9.37 Å². The molecule has 0 spiro atoms. The average molecular weight is 567 g/mol. The van der Waals surface area contributed by atoms with Gasteiger partial charge in [-0.3, -0.25) is 9.69 Å². The molecule has 7 rings (SSSR count). The van der Waals surface area contributed by atoms with Gasteiger partial charge in [0.25, 0.3) is 0 Å². The minimum absolute atomic E-state index is 0.0363. The molecule has 42 heavy (non-hydrogen) atoms. The molecule has 1 aliphatic carbocycles. The summed E-state index contributed by atoms with van der Waals surface area (Å²) in [7, 11) is 0. The molecule has 0 bridgehead atoms. The van der Waals surface area contributed by atoms with Crippen molar-refractivity contribution in [3.05, 3.63) is 82.9 Å². The Labute approximate surface area is 243 Å². The Hall–Kier alpha value is -4.33. The minimum Gasteiger partial charge on any atom is -0.473 e. The number of anilines is 1. The van der Waals surface area contributed by atoms with Gasteiger partial charge in [-0.05, 0) is 56.2 Å². The van der Waals surface area contributed by atoms with E-state index < -0.39 is 5.82 Å². The number of imidazole rings is 1. The molecule has 2 saturated heterocycles. The fourth-order valence-corrected chi connectivity index (χ4v) is 6.00. The lowest BCUT2D eigenvalue weighted by Gasteiger charge is -2.35. The maximum atomic E-state index is 14.3. The zero-order valence-electron chi connectivity index (χ0n) is 23.4. The maximum absolute atomic E-state index is 14.3. The number of nitriles is 1. The highest BCUT2D eigenvalue weighted by atomic mass is 19.1. The molecule has 2 aromatic carbocycles. The molecule has 3 fully saturated rings. The Bertz CT molecular complexity index is 1710. The molecule has 9 nitrogen and oxygen atoms in total. The summed E-state index contributed by atoms with van der Waals surface area (Å²) in [4.78, 5) is 26.6. The quantitative estimate of drug-likeness (QED) is 0.274. The van der Waals surface area contributed by atoms with Crippen molar-refractivity contribution in [1.82, 2.24) is 19.4 Å². The lowest BCUT2D eigenvalue weighted by molar-refractivity contribution is -0.0592. The van der Waals surface area contributed by atoms with Crippen LogP contribution in [-0.2, 0) is 24.4 Å². The molecular weight excluding hydrogens is 535 g/mol. The van der Waals surface area contributed by atoms with E-state index in [0.717, 1.165) is 68.3 Å². The number of benzene rings is 2. The van der Waals surface area contributed by atoms with Crippen LogP contribution in [0, 0.1) is 17.1 Å². The van der Waals surface area contributed by atoms with Gasteiger partial charge in [0.1, 0.15) is 24.1 Å². The van der Waals surface area contributed by atoms with Crippen LogP contribution in [0.5, 0.6) is 5.88 Å². The molecule has 10 heteroatoms. The van der Waals surface area contributed by atoms with Crippen molar-refractivity contribution in [3.63, 3.8) is 0 Å². The molecule has 0 unspecified atom stereocenters. The fourth-order valence-electron chi connectivity index (χ4n) is 6.00. The second kappa shape index (κ2) is 10.8. The Morgan fingerprint density at radius 2 is 2.02 bits per heavy atom. The van der Waals surface area contributed by atoms with Gasteiger partial charge < -0.3 is 18.9 Å². The molecule has 0 amide bonds. The zero-order chi connectivity index (χ0) is 28.8. The summed E-state index contributed by atoms with van der Waals surface area (Å²) in [5.74, 6) is 1.88. The van der Waals surface area contributed by atoms with Gasteiger partial charge >= 0.3 is 0 Å². The number of fused-ring (bicyclic) bond motifs is 2. The highest BCUT2D eigenvalue weighted by molar-refractivity contribution is 5.97. The number of Topliss-reactive ketones (excluding diaryl/α,β-unsaturated/α-hetero) is 1. The van der Waals surface area contributed by atoms with Gasteiger partial charge in [-0.15, -0.1) is 0 Å². The summed E-state index contributed by atoms with van der Waals surface area (Å²) in [6.07, 6.45) is 2.26. The van der Waals surface area contributed by atoms with E-state index in [0.29, 0.717) is 29.1 Å². The van der Waals surface area contributed by atoms with E-state index in [2.05, 4.69) is 14.4 Å². The van der Waals surface area contributed by atoms with Crippen LogP contribution in [0.1, 0.15) is 47.1 Å². The van der Waals surface area contributed by atoms with Crippen molar-refractivity contribution in [2.24, 2.45) is 0 Å². The number of aromatic nitrogens is 3. The molecule has 214 valence electrons. The minimum atomic E-state index is -0.463. The van der Waals surface area contributed by atoms with E-state index >= 15 is 0 Å². The van der Waals surface area contributed by atoms with Crippen molar-refractivity contribution in [2.45, 2.75) is 57.6 Å². The summed E-state index contributed by atoms with van der Waals surface area (Å²) in [6.45, 7) is 5.59. The molecule has 2 aliphatic heterocycles. The number of ketones is 1. The first-order valence-electron chi connectivity index (χ1n) is 14.4. The molecule has 2 aromatic heterocycles. The van der Waals surface area contributed by atoms with Gasteiger partial charge in [0, 0.05) is 49.0 Å². The normalized spacial score (nSPS) is 21.5. The highest BCUT2D eigenvalue weighted by Crippen LogP contribution is 2.40. The summed E-state index contributed by atoms with van der Waals surface area (Å²) in [5, 5.41) is 8.96. The number of pyridine rings is 1. The van der Waals surface area contributed by atoms with Crippen LogP contribution in [0.25, 0.3) is 11.0 Å². The third-order valence-electron chi connectivity index (χ3n) is 8.54.